The highest BCUT2D eigenvalue weighted by Gasteiger charge is 2.38. The molecule has 2 heterocycles. The largest absolute Gasteiger partial charge is 0.460 e. The van der Waals surface area contributed by atoms with Crippen LogP contribution >= 0.6 is 0 Å². The number of aromatic nitrogens is 1. The summed E-state index contributed by atoms with van der Waals surface area (Å²) in [6, 6.07) is 7.87. The summed E-state index contributed by atoms with van der Waals surface area (Å²) in [5.41, 5.74) is 0.850. The number of cyclic esters (lactones) is 1. The molecule has 1 fully saturated rings. The lowest BCUT2D eigenvalue weighted by atomic mass is 9.90. The van der Waals surface area contributed by atoms with E-state index < -0.39 is 18.0 Å². The second-order valence-corrected chi connectivity index (χ2v) is 9.10. The average Bonchev–Trinajstić information content (AvgIpc) is 3.23. The SMILES string of the molecule is C[C@H]1CCC/C=C/[C@@H]2C[C@H](OC(=O)/C=C/c3cncc4ccccc34)C[C@H]2[C@H](O)/C=C/C(=O)O1. The average molecular weight is 462 g/mol. The first-order chi connectivity index (χ1) is 16.5. The van der Waals surface area contributed by atoms with E-state index in [4.69, 9.17) is 9.47 Å². The zero-order valence-corrected chi connectivity index (χ0v) is 19.4. The zero-order valence-electron chi connectivity index (χ0n) is 19.4. The van der Waals surface area contributed by atoms with Crippen molar-refractivity contribution in [2.75, 3.05) is 0 Å². The van der Waals surface area contributed by atoms with Gasteiger partial charge in [-0.15, -0.1) is 0 Å². The number of ether oxygens (including phenoxy) is 2. The third-order valence-corrected chi connectivity index (χ3v) is 6.55. The van der Waals surface area contributed by atoms with Crippen molar-refractivity contribution in [2.24, 2.45) is 11.8 Å². The van der Waals surface area contributed by atoms with Gasteiger partial charge in [0.25, 0.3) is 0 Å². The Labute approximate surface area is 200 Å². The number of pyridine rings is 1. The van der Waals surface area contributed by atoms with Crippen LogP contribution in [0.4, 0.5) is 0 Å². The molecular formula is C28H31NO5. The number of carbonyl (C=O) groups is 2. The van der Waals surface area contributed by atoms with Gasteiger partial charge in [-0.1, -0.05) is 36.4 Å². The maximum atomic E-state index is 12.6. The maximum Gasteiger partial charge on any atom is 0.331 e. The van der Waals surface area contributed by atoms with E-state index >= 15 is 0 Å². The molecule has 4 rings (SSSR count). The Morgan fingerprint density at radius 1 is 1.21 bits per heavy atom. The Bertz CT molecular complexity index is 1100. The first-order valence-electron chi connectivity index (χ1n) is 11.9. The van der Waals surface area contributed by atoms with Crippen molar-refractivity contribution in [2.45, 2.75) is 57.3 Å². The van der Waals surface area contributed by atoms with Gasteiger partial charge in [0, 0.05) is 35.5 Å². The number of aliphatic hydroxyl groups is 1. The van der Waals surface area contributed by atoms with E-state index in [1.165, 1.54) is 18.2 Å². The van der Waals surface area contributed by atoms with Crippen molar-refractivity contribution in [3.8, 4) is 0 Å². The predicted octanol–water partition coefficient (Wildman–Crippen LogP) is 4.77. The molecule has 2 aromatic rings. The Morgan fingerprint density at radius 3 is 2.94 bits per heavy atom. The number of hydrogen-bond acceptors (Lipinski definition) is 6. The minimum absolute atomic E-state index is 0.0675. The standard InChI is InChI=1S/C28H31NO5/c1-19-7-3-2-4-8-20-15-23(16-25(20)26(30)12-14-27(31)33-19)34-28(32)13-11-22-18-29-17-21-9-5-6-10-24(21)22/h4-6,8-14,17-20,23,25-26,30H,2-3,7,15-16H2,1H3/b8-4+,13-11+,14-12+/t19-,20+,23-,25+,26+/m0/s1. The zero-order chi connectivity index (χ0) is 23.9. The first kappa shape index (κ1) is 23.9. The highest BCUT2D eigenvalue weighted by Crippen LogP contribution is 2.38. The van der Waals surface area contributed by atoms with Gasteiger partial charge >= 0.3 is 11.9 Å². The molecule has 0 saturated heterocycles. The highest BCUT2D eigenvalue weighted by molar-refractivity contribution is 5.94. The molecule has 6 nitrogen and oxygen atoms in total. The summed E-state index contributed by atoms with van der Waals surface area (Å²) in [6.07, 6.45) is 16.2. The Kier molecular flexibility index (Phi) is 7.91. The number of allylic oxidation sites excluding steroid dienone is 2. The maximum absolute atomic E-state index is 12.6. The van der Waals surface area contributed by atoms with Crippen molar-refractivity contribution in [3.05, 3.63) is 72.6 Å². The van der Waals surface area contributed by atoms with Crippen molar-refractivity contribution in [1.82, 2.24) is 4.98 Å². The second kappa shape index (κ2) is 11.3. The highest BCUT2D eigenvalue weighted by atomic mass is 16.5. The van der Waals surface area contributed by atoms with Gasteiger partial charge in [-0.25, -0.2) is 9.59 Å². The van der Waals surface area contributed by atoms with Crippen LogP contribution in [0.5, 0.6) is 0 Å². The van der Waals surface area contributed by atoms with Crippen LogP contribution in [0.15, 0.2) is 67.0 Å². The molecule has 1 saturated carbocycles. The molecule has 0 unspecified atom stereocenters. The quantitative estimate of drug-likeness (QED) is 0.402. The van der Waals surface area contributed by atoms with Gasteiger partial charge in [0.1, 0.15) is 6.10 Å². The van der Waals surface area contributed by atoms with Gasteiger partial charge in [-0.2, -0.15) is 0 Å². The molecule has 1 aliphatic carbocycles. The lowest BCUT2D eigenvalue weighted by Gasteiger charge is -2.19. The van der Waals surface area contributed by atoms with Gasteiger partial charge in [0.15, 0.2) is 0 Å². The fourth-order valence-corrected chi connectivity index (χ4v) is 4.81. The molecule has 1 N–H and O–H groups in total. The van der Waals surface area contributed by atoms with Crippen LogP contribution in [-0.2, 0) is 19.1 Å². The minimum Gasteiger partial charge on any atom is -0.460 e. The number of aliphatic hydroxyl groups excluding tert-OH is 1. The summed E-state index contributed by atoms with van der Waals surface area (Å²) in [5, 5.41) is 12.8. The smallest absolute Gasteiger partial charge is 0.331 e. The normalized spacial score (nSPS) is 29.9. The molecule has 1 aliphatic heterocycles. The van der Waals surface area contributed by atoms with Crippen molar-refractivity contribution in [1.29, 1.82) is 0 Å². The number of rotatable bonds is 3. The molecular weight excluding hydrogens is 430 g/mol. The monoisotopic (exact) mass is 461 g/mol. The van der Waals surface area contributed by atoms with Gasteiger partial charge in [-0.3, -0.25) is 4.98 Å². The topological polar surface area (TPSA) is 85.7 Å². The molecule has 0 spiro atoms. The van der Waals surface area contributed by atoms with Crippen LogP contribution in [0.25, 0.3) is 16.8 Å². The Morgan fingerprint density at radius 2 is 2.06 bits per heavy atom. The summed E-state index contributed by atoms with van der Waals surface area (Å²) in [4.78, 5) is 28.8. The predicted molar refractivity (Wildman–Crippen MR) is 131 cm³/mol. The van der Waals surface area contributed by atoms with Crippen LogP contribution in [0.2, 0.25) is 0 Å². The van der Waals surface area contributed by atoms with Crippen molar-refractivity contribution in [3.63, 3.8) is 0 Å². The molecule has 0 amide bonds. The molecule has 1 aromatic carbocycles. The minimum atomic E-state index is -0.820. The van der Waals surface area contributed by atoms with E-state index in [-0.39, 0.29) is 24.0 Å². The third-order valence-electron chi connectivity index (χ3n) is 6.55. The summed E-state index contributed by atoms with van der Waals surface area (Å²) in [6.45, 7) is 1.88. The van der Waals surface area contributed by atoms with Crippen LogP contribution in [-0.4, -0.2) is 40.3 Å². The molecule has 178 valence electrons. The van der Waals surface area contributed by atoms with Gasteiger partial charge < -0.3 is 14.6 Å². The van der Waals surface area contributed by atoms with E-state index in [9.17, 15) is 14.7 Å². The molecule has 2 aliphatic rings. The molecule has 0 bridgehead atoms. The number of fused-ring (bicyclic) bond motifs is 2. The number of nitrogens with zero attached hydrogens (tertiary/aromatic N) is 1. The molecule has 5 atom stereocenters. The Balaban J connectivity index is 1.42. The fraction of sp³-hybridized carbons (Fsp3) is 0.393. The summed E-state index contributed by atoms with van der Waals surface area (Å²) < 4.78 is 11.1. The van der Waals surface area contributed by atoms with Gasteiger partial charge in [-0.05, 0) is 68.4 Å². The second-order valence-electron chi connectivity index (χ2n) is 9.10. The van der Waals surface area contributed by atoms with Gasteiger partial charge in [0.05, 0.1) is 12.2 Å². The van der Waals surface area contributed by atoms with E-state index in [0.29, 0.717) is 12.8 Å². The molecule has 6 heteroatoms. The van der Waals surface area contributed by atoms with Crippen molar-refractivity contribution >= 4 is 28.8 Å². The number of hydrogen-bond donors (Lipinski definition) is 1. The van der Waals surface area contributed by atoms with Crippen molar-refractivity contribution < 1.29 is 24.2 Å². The molecule has 0 radical (unpaired) electrons. The fourth-order valence-electron chi connectivity index (χ4n) is 4.81. The number of esters is 2. The summed E-state index contributed by atoms with van der Waals surface area (Å²) in [7, 11) is 0. The molecule has 34 heavy (non-hydrogen) atoms. The first-order valence-corrected chi connectivity index (χ1v) is 11.9. The number of carbonyl (C=O) groups excluding carboxylic acids is 2. The summed E-state index contributed by atoms with van der Waals surface area (Å²) in [5.74, 6) is -0.928. The van der Waals surface area contributed by atoms with Crippen LogP contribution in [0.1, 0.15) is 44.6 Å². The lowest BCUT2D eigenvalue weighted by Crippen LogP contribution is -2.22. The third kappa shape index (κ3) is 6.20. The van der Waals surface area contributed by atoms with Crippen LogP contribution in [0.3, 0.4) is 0 Å². The van der Waals surface area contributed by atoms with Crippen LogP contribution in [0, 0.1) is 11.8 Å². The number of benzene rings is 1. The van der Waals surface area contributed by atoms with E-state index in [1.807, 2.05) is 31.2 Å². The lowest BCUT2D eigenvalue weighted by molar-refractivity contribution is -0.143. The van der Waals surface area contributed by atoms with Gasteiger partial charge in [0.2, 0.25) is 0 Å². The summed E-state index contributed by atoms with van der Waals surface area (Å²) >= 11 is 0. The Hall–Kier alpha value is -3.25. The van der Waals surface area contributed by atoms with Crippen LogP contribution < -0.4 is 0 Å². The van der Waals surface area contributed by atoms with E-state index in [1.54, 1.807) is 18.5 Å². The molecule has 1 aromatic heterocycles. The van der Waals surface area contributed by atoms with E-state index in [2.05, 4.69) is 17.1 Å². The van der Waals surface area contributed by atoms with E-state index in [0.717, 1.165) is 35.6 Å².